The minimum Gasteiger partial charge on any atom is -0.424 e. The Kier molecular flexibility index (Phi) is 3.79. The number of benzene rings is 1. The average Bonchev–Trinajstić information content (AvgIpc) is 2.98. The highest BCUT2D eigenvalue weighted by Crippen LogP contribution is 2.24. The van der Waals surface area contributed by atoms with Crippen LogP contribution in [0.2, 0.25) is 0 Å². The Labute approximate surface area is 126 Å². The number of thiophene rings is 1. The molecular weight excluding hydrogens is 282 g/mol. The number of pyridine rings is 1. The first-order chi connectivity index (χ1) is 10.2. The van der Waals surface area contributed by atoms with Gasteiger partial charge >= 0.3 is 5.97 Å². The molecule has 0 atom stereocenters. The van der Waals surface area contributed by atoms with Gasteiger partial charge in [0, 0.05) is 17.2 Å². The maximum absolute atomic E-state index is 11.2. The molecule has 2 heterocycles. The molecule has 0 bridgehead atoms. The van der Waals surface area contributed by atoms with Crippen molar-refractivity contribution < 1.29 is 9.53 Å². The number of fused-ring (bicyclic) bond motifs is 1. The van der Waals surface area contributed by atoms with E-state index in [0.29, 0.717) is 11.3 Å². The predicted molar refractivity (Wildman–Crippen MR) is 86.3 cm³/mol. The molecule has 0 N–H and O–H groups in total. The summed E-state index contributed by atoms with van der Waals surface area (Å²) in [6, 6.07) is 13.5. The zero-order valence-electron chi connectivity index (χ0n) is 11.4. The molecule has 0 aliphatic carbocycles. The summed E-state index contributed by atoms with van der Waals surface area (Å²) in [6.45, 7) is 1.39. The van der Waals surface area contributed by atoms with Crippen molar-refractivity contribution in [2.75, 3.05) is 0 Å². The zero-order chi connectivity index (χ0) is 14.7. The molecule has 0 saturated carbocycles. The molecule has 4 heteroatoms. The number of ether oxygens (including phenoxy) is 1. The lowest BCUT2D eigenvalue weighted by molar-refractivity contribution is -0.131. The van der Waals surface area contributed by atoms with Crippen LogP contribution in [0.5, 0.6) is 5.75 Å². The first kappa shape index (κ1) is 13.5. The molecule has 0 spiro atoms. The van der Waals surface area contributed by atoms with E-state index in [9.17, 15) is 4.79 Å². The van der Waals surface area contributed by atoms with Crippen LogP contribution in [-0.4, -0.2) is 11.0 Å². The van der Waals surface area contributed by atoms with Crippen molar-refractivity contribution in [2.24, 2.45) is 0 Å². The van der Waals surface area contributed by atoms with E-state index in [1.54, 1.807) is 17.4 Å². The first-order valence-electron chi connectivity index (χ1n) is 6.52. The van der Waals surface area contributed by atoms with E-state index in [2.05, 4.69) is 4.98 Å². The molecule has 0 aliphatic rings. The van der Waals surface area contributed by atoms with Gasteiger partial charge in [0.2, 0.25) is 0 Å². The second kappa shape index (κ2) is 5.89. The number of aromatic nitrogens is 1. The molecule has 3 nitrogen and oxygen atoms in total. The Morgan fingerprint density at radius 3 is 2.81 bits per heavy atom. The van der Waals surface area contributed by atoms with E-state index in [1.807, 2.05) is 53.9 Å². The smallest absolute Gasteiger partial charge is 0.308 e. The molecule has 1 aromatic carbocycles. The summed E-state index contributed by atoms with van der Waals surface area (Å²) in [7, 11) is 0. The number of hydrogen-bond acceptors (Lipinski definition) is 4. The fourth-order valence-corrected chi connectivity index (χ4v) is 2.64. The number of carbonyl (C=O) groups is 1. The van der Waals surface area contributed by atoms with E-state index < -0.39 is 0 Å². The van der Waals surface area contributed by atoms with Crippen molar-refractivity contribution in [1.29, 1.82) is 0 Å². The Morgan fingerprint density at radius 2 is 2.05 bits per heavy atom. The summed E-state index contributed by atoms with van der Waals surface area (Å²) in [5.74, 6) is 0.148. The van der Waals surface area contributed by atoms with Gasteiger partial charge in [0.1, 0.15) is 5.52 Å². The third-order valence-corrected chi connectivity index (χ3v) is 3.76. The minimum atomic E-state index is -0.344. The lowest BCUT2D eigenvalue weighted by atomic mass is 10.2. The quantitative estimate of drug-likeness (QED) is 0.531. The molecule has 0 radical (unpaired) electrons. The van der Waals surface area contributed by atoms with E-state index >= 15 is 0 Å². The first-order valence-corrected chi connectivity index (χ1v) is 7.40. The summed E-state index contributed by atoms with van der Waals surface area (Å²) in [6.07, 6.45) is 3.98. The summed E-state index contributed by atoms with van der Waals surface area (Å²) >= 11 is 1.67. The van der Waals surface area contributed by atoms with Gasteiger partial charge in [-0.05, 0) is 35.7 Å². The molecule has 0 aliphatic heterocycles. The Morgan fingerprint density at radius 1 is 1.14 bits per heavy atom. The number of carbonyl (C=O) groups excluding carboxylic acids is 1. The lowest BCUT2D eigenvalue weighted by Gasteiger charge is -2.05. The van der Waals surface area contributed by atoms with Gasteiger partial charge in [0.05, 0.1) is 5.69 Å². The van der Waals surface area contributed by atoms with Gasteiger partial charge in [-0.1, -0.05) is 24.3 Å². The van der Waals surface area contributed by atoms with Crippen molar-refractivity contribution >= 4 is 40.4 Å². The summed E-state index contributed by atoms with van der Waals surface area (Å²) in [4.78, 5) is 16.9. The standard InChI is InChI=1S/C17H13NO2S/c1-12(19)20-16-6-2-4-13-7-8-14(18-17(13)16)9-10-15-5-3-11-21-15/h2-11H,1H3/b10-9+. The molecule has 0 unspecified atom stereocenters. The summed E-state index contributed by atoms with van der Waals surface area (Å²) in [5.41, 5.74) is 1.52. The van der Waals surface area contributed by atoms with Crippen LogP contribution in [0.25, 0.3) is 23.1 Å². The Bertz CT molecular complexity index is 807. The zero-order valence-corrected chi connectivity index (χ0v) is 12.3. The molecule has 104 valence electrons. The average molecular weight is 295 g/mol. The van der Waals surface area contributed by atoms with Crippen LogP contribution in [0.3, 0.4) is 0 Å². The van der Waals surface area contributed by atoms with Gasteiger partial charge in [-0.3, -0.25) is 4.79 Å². The Balaban J connectivity index is 2.00. The van der Waals surface area contributed by atoms with Crippen molar-refractivity contribution in [3.8, 4) is 5.75 Å². The maximum Gasteiger partial charge on any atom is 0.308 e. The number of para-hydroxylation sites is 1. The van der Waals surface area contributed by atoms with Gasteiger partial charge < -0.3 is 4.74 Å². The third-order valence-electron chi connectivity index (χ3n) is 2.92. The van der Waals surface area contributed by atoms with E-state index in [-0.39, 0.29) is 5.97 Å². The monoisotopic (exact) mass is 295 g/mol. The van der Waals surface area contributed by atoms with E-state index in [4.69, 9.17) is 4.74 Å². The van der Waals surface area contributed by atoms with Crippen molar-refractivity contribution in [1.82, 2.24) is 4.98 Å². The lowest BCUT2D eigenvalue weighted by Crippen LogP contribution is -2.02. The fourth-order valence-electron chi connectivity index (χ4n) is 2.02. The maximum atomic E-state index is 11.2. The highest BCUT2D eigenvalue weighted by atomic mass is 32.1. The van der Waals surface area contributed by atoms with Crippen molar-refractivity contribution in [2.45, 2.75) is 6.92 Å². The van der Waals surface area contributed by atoms with E-state index in [0.717, 1.165) is 11.1 Å². The van der Waals surface area contributed by atoms with Gasteiger partial charge in [-0.2, -0.15) is 0 Å². The molecule has 21 heavy (non-hydrogen) atoms. The molecule has 3 aromatic rings. The van der Waals surface area contributed by atoms with Crippen LogP contribution in [-0.2, 0) is 4.79 Å². The normalized spacial score (nSPS) is 11.1. The summed E-state index contributed by atoms with van der Waals surface area (Å²) in [5, 5.41) is 2.98. The van der Waals surface area contributed by atoms with Crippen molar-refractivity contribution in [3.63, 3.8) is 0 Å². The molecule has 3 rings (SSSR count). The molecule has 2 aromatic heterocycles. The topological polar surface area (TPSA) is 39.2 Å². The van der Waals surface area contributed by atoms with Crippen LogP contribution < -0.4 is 4.74 Å². The second-order valence-corrected chi connectivity index (χ2v) is 5.49. The van der Waals surface area contributed by atoms with Gasteiger partial charge in [-0.15, -0.1) is 11.3 Å². The molecule has 0 amide bonds. The second-order valence-electron chi connectivity index (χ2n) is 4.51. The van der Waals surface area contributed by atoms with Crippen LogP contribution in [0.15, 0.2) is 47.8 Å². The molecular formula is C17H13NO2S. The largest absolute Gasteiger partial charge is 0.424 e. The third kappa shape index (κ3) is 3.17. The predicted octanol–water partition coefficient (Wildman–Crippen LogP) is 4.39. The minimum absolute atomic E-state index is 0.344. The highest BCUT2D eigenvalue weighted by molar-refractivity contribution is 7.10. The Hall–Kier alpha value is -2.46. The van der Waals surface area contributed by atoms with Crippen LogP contribution in [0, 0.1) is 0 Å². The number of esters is 1. The van der Waals surface area contributed by atoms with Gasteiger partial charge in [-0.25, -0.2) is 4.98 Å². The van der Waals surface area contributed by atoms with Crippen LogP contribution in [0.1, 0.15) is 17.5 Å². The van der Waals surface area contributed by atoms with Gasteiger partial charge in [0.15, 0.2) is 5.75 Å². The number of rotatable bonds is 3. The SMILES string of the molecule is CC(=O)Oc1cccc2ccc(/C=C/c3cccs3)nc12. The molecule has 0 fully saturated rings. The fraction of sp³-hybridized carbons (Fsp3) is 0.0588. The van der Waals surface area contributed by atoms with Crippen LogP contribution >= 0.6 is 11.3 Å². The number of hydrogen-bond donors (Lipinski definition) is 0. The number of nitrogens with zero attached hydrogens (tertiary/aromatic N) is 1. The molecule has 0 saturated heterocycles. The van der Waals surface area contributed by atoms with E-state index in [1.165, 1.54) is 11.8 Å². The van der Waals surface area contributed by atoms with Gasteiger partial charge in [0.25, 0.3) is 0 Å². The van der Waals surface area contributed by atoms with Crippen LogP contribution in [0.4, 0.5) is 0 Å². The highest BCUT2D eigenvalue weighted by Gasteiger charge is 2.06. The van der Waals surface area contributed by atoms with Crippen molar-refractivity contribution in [3.05, 3.63) is 58.4 Å². The summed E-state index contributed by atoms with van der Waals surface area (Å²) < 4.78 is 5.21.